The highest BCUT2D eigenvalue weighted by Crippen LogP contribution is 2.27. The van der Waals surface area contributed by atoms with Crippen LogP contribution in [0.25, 0.3) is 0 Å². The minimum absolute atomic E-state index is 0.115. The van der Waals surface area contributed by atoms with E-state index in [1.807, 2.05) is 37.6 Å². The number of benzene rings is 2. The minimum Gasteiger partial charge on any atom is -0.342 e. The van der Waals surface area contributed by atoms with Crippen LogP contribution in [0, 0.1) is 5.92 Å². The third kappa shape index (κ3) is 5.58. The van der Waals surface area contributed by atoms with Gasteiger partial charge in [0.05, 0.1) is 16.1 Å². The lowest BCUT2D eigenvalue weighted by atomic mass is 10.0. The van der Waals surface area contributed by atoms with Gasteiger partial charge in [0.15, 0.2) is 11.0 Å². The van der Waals surface area contributed by atoms with Crippen LogP contribution in [0.2, 0.25) is 10.0 Å². The summed E-state index contributed by atoms with van der Waals surface area (Å²) >= 11 is 17.1. The van der Waals surface area contributed by atoms with Crippen LogP contribution in [0.5, 0.6) is 0 Å². The summed E-state index contributed by atoms with van der Waals surface area (Å²) in [5.41, 5.74) is 1.64. The molecule has 0 aliphatic rings. The van der Waals surface area contributed by atoms with E-state index in [0.29, 0.717) is 21.4 Å². The molecule has 0 saturated carbocycles. The lowest BCUT2D eigenvalue weighted by molar-refractivity contribution is 0.0922. The summed E-state index contributed by atoms with van der Waals surface area (Å²) in [6.45, 7) is 4.06. The molecule has 0 radical (unpaired) electrons. The maximum absolute atomic E-state index is 12.8. The molecule has 0 saturated heterocycles. The van der Waals surface area contributed by atoms with E-state index >= 15 is 0 Å². The Bertz CT molecular complexity index is 1040. The van der Waals surface area contributed by atoms with Crippen molar-refractivity contribution < 1.29 is 4.79 Å². The van der Waals surface area contributed by atoms with Crippen LogP contribution < -0.4 is 5.32 Å². The zero-order valence-corrected chi connectivity index (χ0v) is 20.6. The molecule has 0 aliphatic heterocycles. The maximum Gasteiger partial charge on any atom is 0.251 e. The zero-order chi connectivity index (χ0) is 21.8. The molecule has 1 amide bonds. The summed E-state index contributed by atoms with van der Waals surface area (Å²) < 4.78 is 2.98. The van der Waals surface area contributed by atoms with E-state index in [-0.39, 0.29) is 17.9 Å². The molecule has 0 unspecified atom stereocenters. The fraction of sp³-hybridized carbons (Fsp3) is 0.286. The van der Waals surface area contributed by atoms with Gasteiger partial charge in [0.25, 0.3) is 5.91 Å². The molecule has 158 valence electrons. The average molecular weight is 528 g/mol. The van der Waals surface area contributed by atoms with Gasteiger partial charge in [-0.15, -0.1) is 10.2 Å². The van der Waals surface area contributed by atoms with Crippen LogP contribution in [-0.4, -0.2) is 20.7 Å². The van der Waals surface area contributed by atoms with Gasteiger partial charge in [0, 0.05) is 22.8 Å². The number of carbonyl (C=O) groups is 1. The van der Waals surface area contributed by atoms with Crippen LogP contribution in [0.4, 0.5) is 0 Å². The van der Waals surface area contributed by atoms with Crippen LogP contribution in [0.3, 0.4) is 0 Å². The van der Waals surface area contributed by atoms with Crippen molar-refractivity contribution in [1.82, 2.24) is 20.1 Å². The van der Waals surface area contributed by atoms with Crippen molar-refractivity contribution in [3.8, 4) is 0 Å². The normalized spacial score (nSPS) is 12.2. The number of aromatic nitrogens is 3. The van der Waals surface area contributed by atoms with Crippen LogP contribution in [0.15, 0.2) is 52.1 Å². The molecule has 0 aliphatic carbocycles. The highest BCUT2D eigenvalue weighted by molar-refractivity contribution is 9.10. The van der Waals surface area contributed by atoms with Crippen molar-refractivity contribution in [2.45, 2.75) is 30.8 Å². The molecule has 2 aromatic carbocycles. The van der Waals surface area contributed by atoms with Crippen LogP contribution in [0.1, 0.15) is 41.6 Å². The summed E-state index contributed by atoms with van der Waals surface area (Å²) in [7, 11) is 1.92. The largest absolute Gasteiger partial charge is 0.342 e. The van der Waals surface area contributed by atoms with Gasteiger partial charge >= 0.3 is 0 Å². The number of halogens is 3. The Morgan fingerprint density at radius 1 is 1.13 bits per heavy atom. The Morgan fingerprint density at radius 3 is 2.47 bits per heavy atom. The third-order valence-corrected chi connectivity index (χ3v) is 6.92. The molecular formula is C21H21BrCl2N4OS. The molecule has 0 fully saturated rings. The van der Waals surface area contributed by atoms with Gasteiger partial charge in [-0.3, -0.25) is 4.79 Å². The number of nitrogens with one attached hydrogen (secondary N) is 1. The molecule has 3 rings (SSSR count). The molecule has 1 N–H and O–H groups in total. The fourth-order valence-corrected chi connectivity index (χ4v) is 4.28. The SMILES string of the molecule is CC(C)[C@H](NC(=O)c1ccc(Cl)c(Cl)c1)c1nnc(SCc2ccc(Br)cc2)n1C. The first-order valence-corrected chi connectivity index (χ1v) is 11.8. The summed E-state index contributed by atoms with van der Waals surface area (Å²) in [4.78, 5) is 12.8. The molecule has 5 nitrogen and oxygen atoms in total. The number of nitrogens with zero attached hydrogens (tertiary/aromatic N) is 3. The highest BCUT2D eigenvalue weighted by atomic mass is 79.9. The molecule has 1 atom stereocenters. The quantitative estimate of drug-likeness (QED) is 0.366. The predicted molar refractivity (Wildman–Crippen MR) is 126 cm³/mol. The number of thioether (sulfide) groups is 1. The standard InChI is InChI=1S/C21H21BrCl2N4OS/c1-12(2)18(25-20(29)14-6-9-16(23)17(24)10-14)19-26-27-21(28(19)3)30-11-13-4-7-15(22)8-5-13/h4-10,12,18H,11H2,1-3H3,(H,25,29)/t18-/m0/s1. The van der Waals surface area contributed by atoms with Gasteiger partial charge in [0.2, 0.25) is 0 Å². The lowest BCUT2D eigenvalue weighted by Crippen LogP contribution is -2.33. The van der Waals surface area contributed by atoms with Gasteiger partial charge in [-0.1, -0.05) is 76.9 Å². The third-order valence-electron chi connectivity index (χ3n) is 4.56. The molecule has 9 heteroatoms. The first kappa shape index (κ1) is 23.1. The Hall–Kier alpha value is -1.54. The highest BCUT2D eigenvalue weighted by Gasteiger charge is 2.25. The smallest absolute Gasteiger partial charge is 0.251 e. The number of amides is 1. The van der Waals surface area contributed by atoms with Gasteiger partial charge in [-0.25, -0.2) is 0 Å². The molecule has 3 aromatic rings. The topological polar surface area (TPSA) is 59.8 Å². The second-order valence-corrected chi connectivity index (χ2v) is 9.81. The van der Waals surface area contributed by atoms with Crippen molar-refractivity contribution in [3.63, 3.8) is 0 Å². The molecule has 0 spiro atoms. The lowest BCUT2D eigenvalue weighted by Gasteiger charge is -2.22. The van der Waals surface area contributed by atoms with E-state index < -0.39 is 0 Å². The fourth-order valence-electron chi connectivity index (χ4n) is 2.84. The van der Waals surface area contributed by atoms with Crippen molar-refractivity contribution in [2.75, 3.05) is 0 Å². The zero-order valence-electron chi connectivity index (χ0n) is 16.7. The van der Waals surface area contributed by atoms with Gasteiger partial charge in [-0.05, 0) is 41.8 Å². The minimum atomic E-state index is -0.300. The van der Waals surface area contributed by atoms with Crippen molar-refractivity contribution in [1.29, 1.82) is 0 Å². The Balaban J connectivity index is 1.75. The van der Waals surface area contributed by atoms with Gasteiger partial charge in [-0.2, -0.15) is 0 Å². The van der Waals surface area contributed by atoms with Gasteiger partial charge in [0.1, 0.15) is 0 Å². The molecule has 0 bridgehead atoms. The number of hydrogen-bond acceptors (Lipinski definition) is 4. The predicted octanol–water partition coefficient (Wildman–Crippen LogP) is 6.30. The van der Waals surface area contributed by atoms with E-state index in [1.54, 1.807) is 30.0 Å². The second kappa shape index (κ2) is 10.2. The Morgan fingerprint density at radius 2 is 1.83 bits per heavy atom. The number of rotatable bonds is 7. The Labute approximate surface area is 198 Å². The van der Waals surface area contributed by atoms with Gasteiger partial charge < -0.3 is 9.88 Å². The van der Waals surface area contributed by atoms with E-state index in [1.165, 1.54) is 5.56 Å². The Kier molecular flexibility index (Phi) is 7.85. The van der Waals surface area contributed by atoms with E-state index in [0.717, 1.165) is 15.4 Å². The maximum atomic E-state index is 12.8. The molecule has 30 heavy (non-hydrogen) atoms. The summed E-state index contributed by atoms with van der Waals surface area (Å²) in [5.74, 6) is 1.36. The molecule has 1 heterocycles. The average Bonchev–Trinajstić information content (AvgIpc) is 3.07. The number of hydrogen-bond donors (Lipinski definition) is 1. The number of carbonyl (C=O) groups excluding carboxylic acids is 1. The van der Waals surface area contributed by atoms with Crippen molar-refractivity contribution >= 4 is 56.8 Å². The first-order chi connectivity index (χ1) is 14.3. The van der Waals surface area contributed by atoms with Crippen LogP contribution in [-0.2, 0) is 12.8 Å². The van der Waals surface area contributed by atoms with E-state index in [9.17, 15) is 4.79 Å². The molecule has 1 aromatic heterocycles. The van der Waals surface area contributed by atoms with Crippen LogP contribution >= 0.6 is 50.9 Å². The molecular weight excluding hydrogens is 507 g/mol. The summed E-state index contributed by atoms with van der Waals surface area (Å²) in [6, 6.07) is 12.7. The summed E-state index contributed by atoms with van der Waals surface area (Å²) in [6.07, 6.45) is 0. The van der Waals surface area contributed by atoms with E-state index in [2.05, 4.69) is 43.6 Å². The monoisotopic (exact) mass is 526 g/mol. The van der Waals surface area contributed by atoms with Crippen molar-refractivity contribution in [2.24, 2.45) is 13.0 Å². The summed E-state index contributed by atoms with van der Waals surface area (Å²) in [5, 5.41) is 13.3. The first-order valence-electron chi connectivity index (χ1n) is 9.28. The van der Waals surface area contributed by atoms with E-state index in [4.69, 9.17) is 23.2 Å². The second-order valence-electron chi connectivity index (χ2n) is 7.14. The van der Waals surface area contributed by atoms with Crippen molar-refractivity contribution in [3.05, 3.63) is 73.9 Å².